The van der Waals surface area contributed by atoms with Crippen molar-refractivity contribution in [3.63, 3.8) is 0 Å². The molecule has 2 unspecified atom stereocenters. The van der Waals surface area contributed by atoms with Gasteiger partial charge >= 0.3 is 0 Å². The summed E-state index contributed by atoms with van der Waals surface area (Å²) in [6, 6.07) is 32.8. The first kappa shape index (κ1) is 21.9. The van der Waals surface area contributed by atoms with E-state index in [1.54, 1.807) is 0 Å². The second-order valence-corrected chi connectivity index (χ2v) is 8.50. The van der Waals surface area contributed by atoms with Crippen LogP contribution in [0, 0.1) is 5.92 Å². The normalized spacial score (nSPS) is 12.2. The Morgan fingerprint density at radius 3 is 1.41 bits per heavy atom. The van der Waals surface area contributed by atoms with Gasteiger partial charge in [-0.15, -0.1) is 26.2 Å². The predicted octanol–water partition coefficient (Wildman–Crippen LogP) is 6.93. The quantitative estimate of drug-likeness (QED) is 0.333. The molecule has 0 aliphatic rings. The van der Waals surface area contributed by atoms with E-state index in [1.165, 1.54) is 23.1 Å². The summed E-state index contributed by atoms with van der Waals surface area (Å²) in [6.07, 6.45) is 4.47. The molecule has 0 aromatic heterocycles. The van der Waals surface area contributed by atoms with E-state index in [1.807, 2.05) is 0 Å². The van der Waals surface area contributed by atoms with Crippen molar-refractivity contribution >= 4 is 26.2 Å². The fraction of sp³-hybridized carbons (Fsp3) is 0.280. The molecule has 0 saturated carbocycles. The van der Waals surface area contributed by atoms with Gasteiger partial charge in [-0.25, -0.2) is 0 Å². The van der Waals surface area contributed by atoms with Gasteiger partial charge < -0.3 is 0 Å². The van der Waals surface area contributed by atoms with E-state index in [2.05, 4.69) is 107 Å². The second kappa shape index (κ2) is 10.8. The zero-order chi connectivity index (χ0) is 18.2. The maximum atomic E-state index is 3.27. The smallest absolute Gasteiger partial charge is 0.00386 e. The van der Waals surface area contributed by atoms with E-state index >= 15 is 0 Å². The number of halogens is 1. The van der Waals surface area contributed by atoms with Crippen LogP contribution in [0.25, 0.3) is 0 Å². The molecule has 0 radical (unpaired) electrons. The van der Waals surface area contributed by atoms with Gasteiger partial charge in [-0.3, -0.25) is 0 Å². The Bertz CT molecular complexity index is 730. The van der Waals surface area contributed by atoms with Crippen molar-refractivity contribution in [3.05, 3.63) is 108 Å². The fourth-order valence-electron chi connectivity index (χ4n) is 3.96. The predicted molar refractivity (Wildman–Crippen MR) is 127 cm³/mol. The van der Waals surface area contributed by atoms with Crippen LogP contribution in [0.15, 0.2) is 91.0 Å². The molecule has 27 heavy (non-hydrogen) atoms. The fourth-order valence-corrected chi connectivity index (χ4v) is 4.78. The summed E-state index contributed by atoms with van der Waals surface area (Å²) in [7, 11) is 3.27. The number of hydrogen-bond acceptors (Lipinski definition) is 0. The lowest BCUT2D eigenvalue weighted by atomic mass is 9.77. The maximum Gasteiger partial charge on any atom is -0.00386 e. The van der Waals surface area contributed by atoms with Crippen molar-refractivity contribution in [2.75, 3.05) is 0 Å². The molecular weight excluding hydrogens is 411 g/mol. The van der Waals surface area contributed by atoms with Crippen LogP contribution < -0.4 is 0 Å². The van der Waals surface area contributed by atoms with E-state index < -0.39 is 0 Å². The Morgan fingerprint density at radius 1 is 0.667 bits per heavy atom. The van der Waals surface area contributed by atoms with E-state index in [-0.39, 0.29) is 22.1 Å². The molecule has 0 amide bonds. The molecule has 3 aromatic rings. The van der Waals surface area contributed by atoms with Crippen LogP contribution in [0.2, 0.25) is 0 Å². The van der Waals surface area contributed by atoms with Gasteiger partial charge in [0, 0.05) is 0 Å². The monoisotopic (exact) mass is 440 g/mol. The highest BCUT2D eigenvalue weighted by Gasteiger charge is 2.33. The molecule has 0 bridgehead atoms. The van der Waals surface area contributed by atoms with Crippen molar-refractivity contribution in [1.29, 1.82) is 0 Å². The van der Waals surface area contributed by atoms with E-state index in [4.69, 9.17) is 0 Å². The van der Waals surface area contributed by atoms with Gasteiger partial charge in [0.1, 0.15) is 0 Å². The lowest BCUT2D eigenvalue weighted by molar-refractivity contribution is 0.354. The molecular formula is C25H30BrP. The summed E-state index contributed by atoms with van der Waals surface area (Å²) >= 11 is 0. The van der Waals surface area contributed by atoms with Crippen molar-refractivity contribution in [2.24, 2.45) is 5.92 Å². The number of rotatable bonds is 8. The highest BCUT2D eigenvalue weighted by atomic mass is 79.9. The second-order valence-electron chi connectivity index (χ2n) is 7.35. The lowest BCUT2D eigenvalue weighted by Crippen LogP contribution is -2.37. The number of benzene rings is 3. The highest BCUT2D eigenvalue weighted by molar-refractivity contribution is 8.93. The van der Waals surface area contributed by atoms with E-state index in [9.17, 15) is 0 Å². The summed E-state index contributed by atoms with van der Waals surface area (Å²) in [6.45, 7) is 2.34. The molecule has 0 heterocycles. The summed E-state index contributed by atoms with van der Waals surface area (Å²) in [5.74, 6) is 0.607. The topological polar surface area (TPSA) is 0 Å². The van der Waals surface area contributed by atoms with Gasteiger partial charge in [0.15, 0.2) is 0 Å². The standard InChI is InChI=1S/C25H29P.BrH/c1-2-24(18-21-12-6-3-7-13-21)25(26,19-22-14-8-4-9-15-22)20-23-16-10-5-11-17-23;/h3-17,24H,2,18-20,26H2,1H3;1H. The van der Waals surface area contributed by atoms with Crippen molar-refractivity contribution in [2.45, 2.75) is 37.8 Å². The Morgan fingerprint density at radius 2 is 1.04 bits per heavy atom. The van der Waals surface area contributed by atoms with Gasteiger partial charge in [-0.2, -0.15) is 0 Å². The molecule has 0 spiro atoms. The first-order valence-electron chi connectivity index (χ1n) is 9.60. The molecule has 2 atom stereocenters. The van der Waals surface area contributed by atoms with Crippen LogP contribution >= 0.6 is 26.2 Å². The molecule has 0 fully saturated rings. The van der Waals surface area contributed by atoms with E-state index in [0.717, 1.165) is 19.3 Å². The summed E-state index contributed by atoms with van der Waals surface area (Å²) in [4.78, 5) is 0. The molecule has 0 saturated heterocycles. The molecule has 3 aromatic carbocycles. The third-order valence-corrected chi connectivity index (χ3v) is 6.26. The van der Waals surface area contributed by atoms with Gasteiger partial charge in [-0.05, 0) is 47.0 Å². The first-order valence-corrected chi connectivity index (χ1v) is 10.2. The maximum absolute atomic E-state index is 3.27. The summed E-state index contributed by atoms with van der Waals surface area (Å²) < 4.78 is 0. The van der Waals surface area contributed by atoms with Crippen LogP contribution in [0.3, 0.4) is 0 Å². The van der Waals surface area contributed by atoms with Crippen molar-refractivity contribution in [3.8, 4) is 0 Å². The van der Waals surface area contributed by atoms with Crippen LogP contribution in [0.4, 0.5) is 0 Å². The van der Waals surface area contributed by atoms with Gasteiger partial charge in [0.05, 0.1) is 0 Å². The Balaban J connectivity index is 0.00000261. The highest BCUT2D eigenvalue weighted by Crippen LogP contribution is 2.39. The van der Waals surface area contributed by atoms with Gasteiger partial charge in [-0.1, -0.05) is 104 Å². The van der Waals surface area contributed by atoms with Crippen molar-refractivity contribution < 1.29 is 0 Å². The largest absolute Gasteiger partial charge is 0.130 e. The van der Waals surface area contributed by atoms with Crippen LogP contribution in [0.1, 0.15) is 30.0 Å². The minimum absolute atomic E-state index is 0. The Labute approximate surface area is 177 Å². The zero-order valence-electron chi connectivity index (χ0n) is 16.1. The molecule has 142 valence electrons. The molecule has 0 N–H and O–H groups in total. The average molecular weight is 441 g/mol. The molecule has 3 rings (SSSR count). The number of hydrogen-bond donors (Lipinski definition) is 0. The minimum atomic E-state index is 0. The average Bonchev–Trinajstić information content (AvgIpc) is 2.68. The van der Waals surface area contributed by atoms with E-state index in [0.29, 0.717) is 5.92 Å². The molecule has 2 heteroatoms. The molecule has 0 aliphatic carbocycles. The lowest BCUT2D eigenvalue weighted by Gasteiger charge is -2.38. The zero-order valence-corrected chi connectivity index (χ0v) is 18.9. The Kier molecular flexibility index (Phi) is 8.74. The van der Waals surface area contributed by atoms with Gasteiger partial charge in [0.25, 0.3) is 0 Å². The van der Waals surface area contributed by atoms with Crippen LogP contribution in [-0.2, 0) is 19.3 Å². The molecule has 0 aliphatic heterocycles. The van der Waals surface area contributed by atoms with Crippen molar-refractivity contribution in [1.82, 2.24) is 0 Å². The third kappa shape index (κ3) is 6.30. The Hall–Kier alpha value is -1.43. The SMILES string of the molecule is Br.CCC(Cc1ccccc1)C(P)(Cc1ccccc1)Cc1ccccc1. The minimum Gasteiger partial charge on any atom is -0.130 e. The third-order valence-electron chi connectivity index (χ3n) is 5.38. The van der Waals surface area contributed by atoms with Gasteiger partial charge in [0.2, 0.25) is 0 Å². The molecule has 0 nitrogen and oxygen atoms in total. The van der Waals surface area contributed by atoms with Crippen LogP contribution in [0.5, 0.6) is 0 Å². The summed E-state index contributed by atoms with van der Waals surface area (Å²) in [5, 5.41) is 0.146. The first-order chi connectivity index (χ1) is 12.7. The summed E-state index contributed by atoms with van der Waals surface area (Å²) in [5.41, 5.74) is 4.28. The van der Waals surface area contributed by atoms with Crippen LogP contribution in [-0.4, -0.2) is 5.16 Å².